The number of fused-ring (bicyclic) bond motifs is 1. The van der Waals surface area contributed by atoms with Gasteiger partial charge in [0.2, 0.25) is 5.76 Å². The number of nitrogens with zero attached hydrogens (tertiary/aromatic N) is 1. The third-order valence-electron chi connectivity index (χ3n) is 3.66. The van der Waals surface area contributed by atoms with Crippen molar-refractivity contribution in [3.8, 4) is 11.3 Å². The van der Waals surface area contributed by atoms with Crippen LogP contribution in [0, 0.1) is 0 Å². The minimum absolute atomic E-state index is 0.0533. The second-order valence-corrected chi connectivity index (χ2v) is 5.76. The summed E-state index contributed by atoms with van der Waals surface area (Å²) in [4.78, 5) is 28.9. The van der Waals surface area contributed by atoms with Crippen LogP contribution in [0.3, 0.4) is 0 Å². The predicted molar refractivity (Wildman–Crippen MR) is 93.8 cm³/mol. The molecule has 2 aromatic carbocycles. The second kappa shape index (κ2) is 5.95. The van der Waals surface area contributed by atoms with Gasteiger partial charge in [0, 0.05) is 17.3 Å². The summed E-state index contributed by atoms with van der Waals surface area (Å²) in [6.07, 6.45) is 0. The fraction of sp³-hybridized carbons (Fsp3) is 0. The molecular formula is C17H11ClN4O3. The molecule has 0 fully saturated rings. The maximum absolute atomic E-state index is 12.3. The number of aromatic amines is 2. The third-order valence-corrected chi connectivity index (χ3v) is 3.99. The monoisotopic (exact) mass is 354 g/mol. The molecule has 25 heavy (non-hydrogen) atoms. The van der Waals surface area contributed by atoms with E-state index in [9.17, 15) is 9.59 Å². The molecular weight excluding hydrogens is 344 g/mol. The van der Waals surface area contributed by atoms with Crippen molar-refractivity contribution >= 4 is 34.2 Å². The summed E-state index contributed by atoms with van der Waals surface area (Å²) in [6, 6.07) is 13.7. The number of nitrogens with one attached hydrogen (secondary N) is 3. The van der Waals surface area contributed by atoms with E-state index in [1.165, 1.54) is 6.07 Å². The Kier molecular flexibility index (Phi) is 3.62. The van der Waals surface area contributed by atoms with Gasteiger partial charge < -0.3 is 19.8 Å². The Hall–Kier alpha value is -3.32. The van der Waals surface area contributed by atoms with Crippen LogP contribution in [0.5, 0.6) is 0 Å². The van der Waals surface area contributed by atoms with Gasteiger partial charge in [-0.25, -0.2) is 4.79 Å². The van der Waals surface area contributed by atoms with Crippen LogP contribution in [0.25, 0.3) is 22.3 Å². The quantitative estimate of drug-likeness (QED) is 0.524. The number of benzene rings is 2. The first kappa shape index (κ1) is 15.2. The van der Waals surface area contributed by atoms with Crippen molar-refractivity contribution in [3.63, 3.8) is 0 Å². The number of H-pyrrole nitrogens is 2. The predicted octanol–water partition coefficient (Wildman–Crippen LogP) is 3.42. The van der Waals surface area contributed by atoms with Crippen LogP contribution in [0.2, 0.25) is 5.02 Å². The van der Waals surface area contributed by atoms with Crippen molar-refractivity contribution in [1.29, 1.82) is 0 Å². The van der Waals surface area contributed by atoms with E-state index in [1.807, 2.05) is 6.07 Å². The minimum atomic E-state index is -0.456. The van der Waals surface area contributed by atoms with E-state index in [-0.39, 0.29) is 11.4 Å². The Labute approximate surface area is 145 Å². The molecule has 0 spiro atoms. The zero-order valence-electron chi connectivity index (χ0n) is 12.7. The van der Waals surface area contributed by atoms with Crippen molar-refractivity contribution in [1.82, 2.24) is 15.1 Å². The van der Waals surface area contributed by atoms with Crippen molar-refractivity contribution in [3.05, 3.63) is 69.8 Å². The Morgan fingerprint density at radius 2 is 1.88 bits per heavy atom. The Balaban J connectivity index is 1.58. The molecule has 4 aromatic rings. The van der Waals surface area contributed by atoms with Gasteiger partial charge in [-0.15, -0.1) is 0 Å². The van der Waals surface area contributed by atoms with E-state index >= 15 is 0 Å². The largest absolute Gasteiger partial charge is 0.350 e. The van der Waals surface area contributed by atoms with E-state index in [0.29, 0.717) is 33.0 Å². The molecule has 0 aliphatic carbocycles. The molecule has 0 aliphatic heterocycles. The number of rotatable bonds is 3. The molecule has 8 heteroatoms. The topological polar surface area (TPSA) is 104 Å². The van der Waals surface area contributed by atoms with Crippen LogP contribution in [-0.2, 0) is 0 Å². The normalized spacial score (nSPS) is 10.9. The smallest absolute Gasteiger partial charge is 0.323 e. The Morgan fingerprint density at radius 1 is 1.08 bits per heavy atom. The SMILES string of the molecule is O=C(Nc1ccc2[nH]c(=O)[nH]c2c1)c1cc(-c2ccccc2Cl)no1. The molecule has 0 aliphatic rings. The molecule has 3 N–H and O–H groups in total. The van der Waals surface area contributed by atoms with Gasteiger partial charge in [-0.3, -0.25) is 4.79 Å². The third kappa shape index (κ3) is 2.92. The zero-order chi connectivity index (χ0) is 17.4. The first-order chi connectivity index (χ1) is 12.1. The van der Waals surface area contributed by atoms with Gasteiger partial charge in [0.15, 0.2) is 0 Å². The average molecular weight is 355 g/mol. The minimum Gasteiger partial charge on any atom is -0.350 e. The number of imidazole rings is 1. The highest BCUT2D eigenvalue weighted by Gasteiger charge is 2.16. The van der Waals surface area contributed by atoms with E-state index < -0.39 is 5.91 Å². The maximum Gasteiger partial charge on any atom is 0.323 e. The highest BCUT2D eigenvalue weighted by Crippen LogP contribution is 2.27. The zero-order valence-corrected chi connectivity index (χ0v) is 13.4. The molecule has 124 valence electrons. The van der Waals surface area contributed by atoms with Gasteiger partial charge >= 0.3 is 5.69 Å². The Bertz CT molecular complexity index is 1140. The summed E-state index contributed by atoms with van der Waals surface area (Å²) in [6.45, 7) is 0. The van der Waals surface area contributed by atoms with E-state index in [2.05, 4.69) is 20.4 Å². The number of hydrogen-bond acceptors (Lipinski definition) is 4. The molecule has 2 aromatic heterocycles. The molecule has 4 rings (SSSR count). The highest BCUT2D eigenvalue weighted by molar-refractivity contribution is 6.33. The van der Waals surface area contributed by atoms with Crippen LogP contribution in [0.1, 0.15) is 10.6 Å². The molecule has 0 saturated carbocycles. The average Bonchev–Trinajstić information content (AvgIpc) is 3.20. The summed E-state index contributed by atoms with van der Waals surface area (Å²) >= 11 is 6.12. The lowest BCUT2D eigenvalue weighted by Crippen LogP contribution is -2.10. The first-order valence-electron chi connectivity index (χ1n) is 7.35. The van der Waals surface area contributed by atoms with Gasteiger partial charge in [0.05, 0.1) is 16.1 Å². The molecule has 2 heterocycles. The number of carbonyl (C=O) groups excluding carboxylic acids is 1. The van der Waals surface area contributed by atoms with Gasteiger partial charge in [0.1, 0.15) is 5.69 Å². The van der Waals surface area contributed by atoms with Gasteiger partial charge in [-0.1, -0.05) is 35.0 Å². The van der Waals surface area contributed by atoms with Crippen molar-refractivity contribution in [2.45, 2.75) is 0 Å². The number of anilines is 1. The number of halogens is 1. The molecule has 0 saturated heterocycles. The molecule has 0 bridgehead atoms. The van der Waals surface area contributed by atoms with Gasteiger partial charge in [-0.2, -0.15) is 0 Å². The van der Waals surface area contributed by atoms with Crippen LogP contribution >= 0.6 is 11.6 Å². The second-order valence-electron chi connectivity index (χ2n) is 5.35. The van der Waals surface area contributed by atoms with Crippen LogP contribution in [0.15, 0.2) is 57.8 Å². The molecule has 7 nitrogen and oxygen atoms in total. The summed E-state index contributed by atoms with van der Waals surface area (Å²) in [5, 5.41) is 7.11. The van der Waals surface area contributed by atoms with Crippen LogP contribution in [-0.4, -0.2) is 21.0 Å². The van der Waals surface area contributed by atoms with E-state index in [0.717, 1.165) is 0 Å². The number of carbonyl (C=O) groups is 1. The molecule has 0 atom stereocenters. The van der Waals surface area contributed by atoms with E-state index in [1.54, 1.807) is 36.4 Å². The number of hydrogen-bond donors (Lipinski definition) is 3. The summed E-state index contributed by atoms with van der Waals surface area (Å²) in [5.41, 5.74) is 2.61. The van der Waals surface area contributed by atoms with Crippen LogP contribution in [0.4, 0.5) is 5.69 Å². The highest BCUT2D eigenvalue weighted by atomic mass is 35.5. The molecule has 0 radical (unpaired) electrons. The molecule has 1 amide bonds. The van der Waals surface area contributed by atoms with E-state index in [4.69, 9.17) is 16.1 Å². The first-order valence-corrected chi connectivity index (χ1v) is 7.73. The lowest BCUT2D eigenvalue weighted by Gasteiger charge is -2.02. The summed E-state index contributed by atoms with van der Waals surface area (Å²) < 4.78 is 5.11. The van der Waals surface area contributed by atoms with Crippen molar-refractivity contribution in [2.24, 2.45) is 0 Å². The van der Waals surface area contributed by atoms with Crippen molar-refractivity contribution < 1.29 is 9.32 Å². The maximum atomic E-state index is 12.3. The van der Waals surface area contributed by atoms with Crippen LogP contribution < -0.4 is 11.0 Å². The Morgan fingerprint density at radius 3 is 2.72 bits per heavy atom. The number of aromatic nitrogens is 3. The number of amides is 1. The molecule has 0 unspecified atom stereocenters. The van der Waals surface area contributed by atoms with Gasteiger partial charge in [-0.05, 0) is 24.3 Å². The lowest BCUT2D eigenvalue weighted by molar-refractivity contribution is 0.0988. The fourth-order valence-corrected chi connectivity index (χ4v) is 2.71. The van der Waals surface area contributed by atoms with Crippen molar-refractivity contribution in [2.75, 3.05) is 5.32 Å². The summed E-state index contributed by atoms with van der Waals surface area (Å²) in [5.74, 6) is -0.402. The lowest BCUT2D eigenvalue weighted by atomic mass is 10.1. The fourth-order valence-electron chi connectivity index (χ4n) is 2.48. The standard InChI is InChI=1S/C17H11ClN4O3/c18-11-4-2-1-3-10(11)13-8-15(25-22-13)16(23)19-9-5-6-12-14(7-9)21-17(24)20-12/h1-8H,(H,19,23)(H2,20,21,24). The van der Waals surface area contributed by atoms with Gasteiger partial charge in [0.25, 0.3) is 5.91 Å². The summed E-state index contributed by atoms with van der Waals surface area (Å²) in [7, 11) is 0.